The lowest BCUT2D eigenvalue weighted by Crippen LogP contribution is -2.71. The minimum absolute atomic E-state index is 0.137. The second-order valence-corrected chi connectivity index (χ2v) is 16.3. The van der Waals surface area contributed by atoms with Crippen LogP contribution in [0.15, 0.2) is 59.1 Å². The van der Waals surface area contributed by atoms with Crippen molar-refractivity contribution in [2.24, 2.45) is 10.9 Å². The third-order valence-corrected chi connectivity index (χ3v) is 11.6. The van der Waals surface area contributed by atoms with Crippen LogP contribution in [-0.4, -0.2) is 97.9 Å². The monoisotopic (exact) mass is 838 g/mol. The molecule has 0 spiro atoms. The summed E-state index contributed by atoms with van der Waals surface area (Å²) in [5, 5.41) is 18.9. The van der Waals surface area contributed by atoms with E-state index in [1.807, 2.05) is 0 Å². The predicted molar refractivity (Wildman–Crippen MR) is 207 cm³/mol. The first-order valence-electron chi connectivity index (χ1n) is 17.8. The molecular weight excluding hydrogens is 801 g/mol. The molecule has 1 saturated carbocycles. The molecule has 3 aliphatic rings. The number of rotatable bonds is 14. The van der Waals surface area contributed by atoms with Crippen molar-refractivity contribution in [3.63, 3.8) is 0 Å². The zero-order valence-corrected chi connectivity index (χ0v) is 32.7. The van der Waals surface area contributed by atoms with E-state index in [9.17, 15) is 38.9 Å². The maximum absolute atomic E-state index is 13.5. The average Bonchev–Trinajstić information content (AvgIpc) is 3.94. The first-order chi connectivity index (χ1) is 27.7. The van der Waals surface area contributed by atoms with Gasteiger partial charge in [-0.2, -0.15) is 0 Å². The summed E-state index contributed by atoms with van der Waals surface area (Å²) in [5.74, 6) is -4.17. The highest BCUT2D eigenvalue weighted by atomic mass is 32.2. The lowest BCUT2D eigenvalue weighted by Gasteiger charge is -2.43. The van der Waals surface area contributed by atoms with E-state index >= 15 is 0 Å². The summed E-state index contributed by atoms with van der Waals surface area (Å²) in [4.78, 5) is 102. The first kappa shape index (κ1) is 41.5. The summed E-state index contributed by atoms with van der Waals surface area (Å²) >= 11 is 2.38. The summed E-state index contributed by atoms with van der Waals surface area (Å²) in [5.41, 5.74) is 11.1. The van der Waals surface area contributed by atoms with Gasteiger partial charge in [0.1, 0.15) is 35.9 Å². The fourth-order valence-electron chi connectivity index (χ4n) is 6.55. The lowest BCUT2D eigenvalue weighted by atomic mass is 9.96. The van der Waals surface area contributed by atoms with Crippen LogP contribution in [0.25, 0.3) is 0 Å². The molecule has 4 amide bonds. The van der Waals surface area contributed by atoms with E-state index in [0.29, 0.717) is 10.5 Å². The summed E-state index contributed by atoms with van der Waals surface area (Å²) in [7, 11) is 0. The molecule has 22 heteroatoms. The van der Waals surface area contributed by atoms with Crippen molar-refractivity contribution in [3.05, 3.63) is 80.8 Å². The second-order valence-electron chi connectivity index (χ2n) is 13.7. The van der Waals surface area contributed by atoms with E-state index in [1.54, 1.807) is 19.2 Å². The van der Waals surface area contributed by atoms with Gasteiger partial charge in [0.05, 0.1) is 22.7 Å². The molecule has 3 fully saturated rings. The number of nitro groups is 1. The van der Waals surface area contributed by atoms with Crippen LogP contribution < -0.4 is 21.7 Å². The van der Waals surface area contributed by atoms with Crippen LogP contribution in [0.4, 0.5) is 21.3 Å². The number of hydrogen-bond acceptors (Lipinski definition) is 18. The van der Waals surface area contributed by atoms with Gasteiger partial charge in [-0.15, -0.1) is 23.1 Å². The molecule has 2 saturated heterocycles. The molecule has 306 valence electrons. The minimum Gasteiger partial charge on any atom is -0.444 e. The van der Waals surface area contributed by atoms with Crippen LogP contribution in [-0.2, 0) is 44.8 Å². The molecule has 2 aliphatic heterocycles. The van der Waals surface area contributed by atoms with Crippen LogP contribution in [0, 0.1) is 10.1 Å². The van der Waals surface area contributed by atoms with Gasteiger partial charge in [-0.25, -0.2) is 24.3 Å². The Bertz CT molecular complexity index is 2140. The molecule has 5 N–H and O–H groups in total. The summed E-state index contributed by atoms with van der Waals surface area (Å²) < 4.78 is 14.9. The average molecular weight is 839 g/mol. The van der Waals surface area contributed by atoms with Crippen LogP contribution in [0.2, 0.25) is 0 Å². The summed E-state index contributed by atoms with van der Waals surface area (Å²) in [6, 6.07) is 8.44. The van der Waals surface area contributed by atoms with Gasteiger partial charge in [0.2, 0.25) is 18.6 Å². The fraction of sp³-hybridized carbons (Fsp3) is 0.389. The number of para-hydroxylation sites is 1. The molecule has 6 rings (SSSR count). The number of ether oxygens (including phenoxy) is 3. The van der Waals surface area contributed by atoms with Gasteiger partial charge in [-0.1, -0.05) is 17.3 Å². The number of amides is 4. The number of oxime groups is 1. The van der Waals surface area contributed by atoms with Gasteiger partial charge in [-0.05, 0) is 69.4 Å². The Hall–Kier alpha value is -6.13. The van der Waals surface area contributed by atoms with Gasteiger partial charge < -0.3 is 40.7 Å². The molecule has 1 aromatic heterocycles. The van der Waals surface area contributed by atoms with Crippen LogP contribution in [0.3, 0.4) is 0 Å². The number of non-ortho nitro benzene ring substituents is 1. The Kier molecular flexibility index (Phi) is 12.6. The highest BCUT2D eigenvalue weighted by Crippen LogP contribution is 2.51. The summed E-state index contributed by atoms with van der Waals surface area (Å²) in [6.07, 6.45) is 2.22. The number of esters is 2. The molecule has 0 unspecified atom stereocenters. The Morgan fingerprint density at radius 1 is 1.07 bits per heavy atom. The van der Waals surface area contributed by atoms with E-state index in [0.717, 1.165) is 37.0 Å². The number of nitro benzene ring substituents is 1. The largest absolute Gasteiger partial charge is 0.444 e. The molecule has 20 nitrogen and oxygen atoms in total. The van der Waals surface area contributed by atoms with Gasteiger partial charge in [0.15, 0.2) is 10.8 Å². The van der Waals surface area contributed by atoms with Gasteiger partial charge >= 0.3 is 18.0 Å². The van der Waals surface area contributed by atoms with Crippen molar-refractivity contribution in [2.45, 2.75) is 74.4 Å². The van der Waals surface area contributed by atoms with E-state index in [-0.39, 0.29) is 46.2 Å². The number of thiazole rings is 1. The number of anilines is 2. The lowest BCUT2D eigenvalue weighted by molar-refractivity contribution is -0.384. The fourth-order valence-corrected chi connectivity index (χ4v) is 8.71. The van der Waals surface area contributed by atoms with Crippen LogP contribution >= 0.6 is 23.1 Å². The topological polar surface area (TPSA) is 278 Å². The SMILES string of the molecule is CC1(C)S[C@@H]2[C@@H](NC(=O)C(=NOC3CCCC3)c3csc(N)n3)C(=O)N2[C@H]1C(=O)OCOC(=O)c1ccccc1N(C(=O)CN)C(=O)OCc1ccc([N+](=O)[O-])cc1. The Morgan fingerprint density at radius 2 is 1.78 bits per heavy atom. The number of aromatic nitrogens is 1. The maximum Gasteiger partial charge on any atom is 0.421 e. The number of β-lactam (4-membered cyclic amide) rings is 1. The third-order valence-electron chi connectivity index (χ3n) is 9.40. The molecule has 0 radical (unpaired) electrons. The van der Waals surface area contributed by atoms with Crippen molar-refractivity contribution in [1.82, 2.24) is 15.2 Å². The first-order valence-corrected chi connectivity index (χ1v) is 19.6. The van der Waals surface area contributed by atoms with Crippen molar-refractivity contribution >= 4 is 81.1 Å². The van der Waals surface area contributed by atoms with E-state index < -0.39 is 76.2 Å². The normalized spacial score (nSPS) is 19.7. The maximum atomic E-state index is 13.5. The number of carbonyl (C=O) groups is 6. The molecule has 0 bridgehead atoms. The predicted octanol–water partition coefficient (Wildman–Crippen LogP) is 2.83. The summed E-state index contributed by atoms with van der Waals surface area (Å²) in [6.45, 7) is 1.53. The van der Waals surface area contributed by atoms with Crippen molar-refractivity contribution < 1.29 is 52.7 Å². The number of imide groups is 1. The van der Waals surface area contributed by atoms with Gasteiger partial charge in [-0.3, -0.25) is 24.5 Å². The molecule has 3 aromatic rings. The number of benzene rings is 2. The second kappa shape index (κ2) is 17.6. The van der Waals surface area contributed by atoms with Crippen LogP contribution in [0.5, 0.6) is 0 Å². The number of fused-ring (bicyclic) bond motifs is 1. The number of nitrogens with two attached hydrogens (primary N) is 2. The van der Waals surface area contributed by atoms with E-state index in [4.69, 9.17) is 30.5 Å². The van der Waals surface area contributed by atoms with Crippen LogP contribution in [0.1, 0.15) is 61.1 Å². The van der Waals surface area contributed by atoms with Crippen molar-refractivity contribution in [3.8, 4) is 0 Å². The standard InChI is InChI=1S/C36H38N8O12S2/c1-36(2)28(43-30(47)27(31(43)58-36)40-29(46)26(23-17-57-34(38)39-23)41-56-21-7-3-4-8-21)33(49)55-18-54-32(48)22-9-5-6-10-24(22)42(25(45)15-37)35(50)53-16-19-11-13-20(14-12-19)44(51)52/h5-6,9-14,17,21,27-28,31H,3-4,7-8,15-16,18,37H2,1-2H3,(H2,38,39)(H,40,46)/t27-,28-,31+/m0/s1. The van der Waals surface area contributed by atoms with Gasteiger partial charge in [0.25, 0.3) is 11.6 Å². The zero-order chi connectivity index (χ0) is 41.7. The molecule has 1 aliphatic carbocycles. The smallest absolute Gasteiger partial charge is 0.421 e. The molecule has 2 aromatic carbocycles. The number of thioether (sulfide) groups is 1. The highest BCUT2D eigenvalue weighted by Gasteiger charge is 2.64. The highest BCUT2D eigenvalue weighted by molar-refractivity contribution is 8.01. The number of carbonyl (C=O) groups excluding carboxylic acids is 6. The minimum atomic E-state index is -1.20. The zero-order valence-electron chi connectivity index (χ0n) is 31.1. The number of hydrogen-bond donors (Lipinski definition) is 3. The van der Waals surface area contributed by atoms with Crippen molar-refractivity contribution in [2.75, 3.05) is 24.0 Å². The molecule has 3 heterocycles. The Labute approximate surface area is 338 Å². The van der Waals surface area contributed by atoms with E-state index in [2.05, 4.69) is 15.5 Å². The Balaban J connectivity index is 1.07. The van der Waals surface area contributed by atoms with Gasteiger partial charge in [0, 0.05) is 22.3 Å². The molecular formula is C36H38N8O12S2. The van der Waals surface area contributed by atoms with E-state index in [1.165, 1.54) is 65.2 Å². The number of nitrogens with one attached hydrogen (secondary N) is 1. The third kappa shape index (κ3) is 8.87. The Morgan fingerprint density at radius 3 is 2.43 bits per heavy atom. The molecule has 3 atom stereocenters. The number of nitrogen functional groups attached to an aromatic ring is 1. The molecule has 58 heavy (non-hydrogen) atoms. The quantitative estimate of drug-likeness (QED) is 0.0526. The van der Waals surface area contributed by atoms with Crippen molar-refractivity contribution in [1.29, 1.82) is 0 Å². The number of nitrogens with zero attached hydrogens (tertiary/aromatic N) is 5.